The van der Waals surface area contributed by atoms with Crippen LogP contribution in [0.25, 0.3) is 0 Å². The highest BCUT2D eigenvalue weighted by Crippen LogP contribution is 2.22. The maximum Gasteiger partial charge on any atom is 0.260 e. The summed E-state index contributed by atoms with van der Waals surface area (Å²) in [5.74, 6) is -0.748. The molecule has 1 aromatic rings. The van der Waals surface area contributed by atoms with Gasteiger partial charge in [-0.15, -0.1) is 0 Å². The molecule has 1 aromatic carbocycles. The lowest BCUT2D eigenvalue weighted by atomic mass is 10.1. The SMILES string of the molecule is COc1cccc(F)c1C(=O)N(C)CC1CNCCO1. The third-order valence-electron chi connectivity index (χ3n) is 3.24. The fourth-order valence-electron chi connectivity index (χ4n) is 2.20. The van der Waals surface area contributed by atoms with Gasteiger partial charge in [-0.05, 0) is 12.1 Å². The molecule has 1 fully saturated rings. The minimum absolute atomic E-state index is 0.0405. The molecule has 0 aromatic heterocycles. The van der Waals surface area contributed by atoms with E-state index in [2.05, 4.69) is 5.32 Å². The van der Waals surface area contributed by atoms with Gasteiger partial charge in [0, 0.05) is 26.7 Å². The number of carbonyl (C=O) groups excluding carboxylic acids is 1. The fourth-order valence-corrected chi connectivity index (χ4v) is 2.20. The molecule has 110 valence electrons. The van der Waals surface area contributed by atoms with Crippen LogP contribution in [0.4, 0.5) is 4.39 Å². The van der Waals surface area contributed by atoms with Crippen molar-refractivity contribution < 1.29 is 18.7 Å². The van der Waals surface area contributed by atoms with Crippen molar-refractivity contribution in [3.63, 3.8) is 0 Å². The van der Waals surface area contributed by atoms with Crippen LogP contribution < -0.4 is 10.1 Å². The summed E-state index contributed by atoms with van der Waals surface area (Å²) < 4.78 is 24.5. The van der Waals surface area contributed by atoms with E-state index in [1.807, 2.05) is 0 Å². The van der Waals surface area contributed by atoms with E-state index in [1.165, 1.54) is 24.1 Å². The number of hydrogen-bond donors (Lipinski definition) is 1. The highest BCUT2D eigenvalue weighted by molar-refractivity contribution is 5.97. The number of ether oxygens (including phenoxy) is 2. The number of halogens is 1. The molecule has 1 unspecified atom stereocenters. The van der Waals surface area contributed by atoms with Crippen molar-refractivity contribution in [2.75, 3.05) is 40.4 Å². The zero-order valence-corrected chi connectivity index (χ0v) is 11.7. The van der Waals surface area contributed by atoms with Crippen molar-refractivity contribution in [3.8, 4) is 5.75 Å². The summed E-state index contributed by atoms with van der Waals surface area (Å²) in [5, 5.41) is 3.19. The maximum atomic E-state index is 13.9. The molecule has 20 heavy (non-hydrogen) atoms. The van der Waals surface area contributed by atoms with Gasteiger partial charge in [0.05, 0.1) is 19.8 Å². The Morgan fingerprint density at radius 1 is 1.60 bits per heavy atom. The average molecular weight is 282 g/mol. The number of rotatable bonds is 4. The molecule has 1 aliphatic heterocycles. The van der Waals surface area contributed by atoms with E-state index in [9.17, 15) is 9.18 Å². The number of carbonyl (C=O) groups is 1. The van der Waals surface area contributed by atoms with Gasteiger partial charge in [-0.1, -0.05) is 6.07 Å². The Hall–Kier alpha value is -1.66. The minimum atomic E-state index is -0.580. The second kappa shape index (κ2) is 6.67. The van der Waals surface area contributed by atoms with Gasteiger partial charge in [0.15, 0.2) is 0 Å². The van der Waals surface area contributed by atoms with Crippen LogP contribution in [0.5, 0.6) is 5.75 Å². The van der Waals surface area contributed by atoms with Crippen LogP contribution in [0.3, 0.4) is 0 Å². The maximum absolute atomic E-state index is 13.9. The zero-order chi connectivity index (χ0) is 14.5. The molecule has 1 amide bonds. The Morgan fingerprint density at radius 2 is 2.40 bits per heavy atom. The van der Waals surface area contributed by atoms with Crippen LogP contribution in [0.1, 0.15) is 10.4 Å². The molecule has 1 saturated heterocycles. The van der Waals surface area contributed by atoms with Crippen molar-refractivity contribution in [3.05, 3.63) is 29.6 Å². The molecule has 1 atom stereocenters. The van der Waals surface area contributed by atoms with Gasteiger partial charge in [0.25, 0.3) is 5.91 Å². The zero-order valence-electron chi connectivity index (χ0n) is 11.7. The van der Waals surface area contributed by atoms with Crippen molar-refractivity contribution in [2.24, 2.45) is 0 Å². The topological polar surface area (TPSA) is 50.8 Å². The number of nitrogens with one attached hydrogen (secondary N) is 1. The van der Waals surface area contributed by atoms with Crippen LogP contribution in [-0.4, -0.2) is 57.3 Å². The second-order valence-corrected chi connectivity index (χ2v) is 4.70. The van der Waals surface area contributed by atoms with Gasteiger partial charge >= 0.3 is 0 Å². The quantitative estimate of drug-likeness (QED) is 0.891. The smallest absolute Gasteiger partial charge is 0.260 e. The van der Waals surface area contributed by atoms with Crippen LogP contribution in [0, 0.1) is 5.82 Å². The summed E-state index contributed by atoms with van der Waals surface area (Å²) in [6, 6.07) is 4.34. The summed E-state index contributed by atoms with van der Waals surface area (Å²) in [6.07, 6.45) is -0.0736. The van der Waals surface area contributed by atoms with Crippen molar-refractivity contribution >= 4 is 5.91 Å². The van der Waals surface area contributed by atoms with Crippen molar-refractivity contribution in [1.82, 2.24) is 10.2 Å². The standard InChI is InChI=1S/C14H19FN2O3/c1-17(9-10-8-16-6-7-20-10)14(18)13-11(15)4-3-5-12(13)19-2/h3-5,10,16H,6-9H2,1-2H3. The highest BCUT2D eigenvalue weighted by atomic mass is 19.1. The third-order valence-corrected chi connectivity index (χ3v) is 3.24. The Kier molecular flexibility index (Phi) is 4.92. The number of benzene rings is 1. The van der Waals surface area contributed by atoms with Crippen LogP contribution in [0.2, 0.25) is 0 Å². The number of amides is 1. The molecule has 0 saturated carbocycles. The Morgan fingerprint density at radius 3 is 3.05 bits per heavy atom. The molecule has 0 aliphatic carbocycles. The Labute approximate surface area is 117 Å². The predicted octanol–water partition coefficient (Wildman–Crippen LogP) is 0.895. The molecule has 2 rings (SSSR count). The molecule has 1 aliphatic rings. The van der Waals surface area contributed by atoms with Gasteiger partial charge in [0.2, 0.25) is 0 Å². The summed E-state index contributed by atoms with van der Waals surface area (Å²) in [5.41, 5.74) is -0.0405. The van der Waals surface area contributed by atoms with E-state index < -0.39 is 11.7 Å². The molecular formula is C14H19FN2O3. The van der Waals surface area contributed by atoms with E-state index in [4.69, 9.17) is 9.47 Å². The molecule has 1 N–H and O–H groups in total. The van der Waals surface area contributed by atoms with E-state index in [0.29, 0.717) is 19.7 Å². The molecule has 0 bridgehead atoms. The second-order valence-electron chi connectivity index (χ2n) is 4.70. The first-order valence-electron chi connectivity index (χ1n) is 6.53. The van der Waals surface area contributed by atoms with Crippen molar-refractivity contribution in [2.45, 2.75) is 6.10 Å². The van der Waals surface area contributed by atoms with Gasteiger partial charge in [-0.25, -0.2) is 4.39 Å². The molecule has 0 spiro atoms. The van der Waals surface area contributed by atoms with E-state index in [1.54, 1.807) is 13.1 Å². The first-order chi connectivity index (χ1) is 9.63. The van der Waals surface area contributed by atoms with Gasteiger partial charge in [-0.3, -0.25) is 4.79 Å². The molecule has 1 heterocycles. The first kappa shape index (κ1) is 14.7. The third kappa shape index (κ3) is 3.26. The van der Waals surface area contributed by atoms with E-state index >= 15 is 0 Å². The number of likely N-dealkylation sites (N-methyl/N-ethyl adjacent to an activating group) is 1. The minimum Gasteiger partial charge on any atom is -0.496 e. The average Bonchev–Trinajstić information content (AvgIpc) is 2.47. The van der Waals surface area contributed by atoms with Crippen molar-refractivity contribution in [1.29, 1.82) is 0 Å². The number of nitrogens with zero attached hydrogens (tertiary/aromatic N) is 1. The number of methoxy groups -OCH3 is 1. The number of morpholine rings is 1. The van der Waals surface area contributed by atoms with E-state index in [-0.39, 0.29) is 17.4 Å². The highest BCUT2D eigenvalue weighted by Gasteiger charge is 2.24. The summed E-state index contributed by atoms with van der Waals surface area (Å²) in [4.78, 5) is 13.8. The lowest BCUT2D eigenvalue weighted by molar-refractivity contribution is 0.0102. The van der Waals surface area contributed by atoms with Gasteiger partial charge in [0.1, 0.15) is 17.1 Å². The largest absolute Gasteiger partial charge is 0.496 e. The Bertz CT molecular complexity index is 475. The summed E-state index contributed by atoms with van der Waals surface area (Å²) >= 11 is 0. The number of hydrogen-bond acceptors (Lipinski definition) is 4. The molecule has 6 heteroatoms. The lowest BCUT2D eigenvalue weighted by Crippen LogP contribution is -2.45. The van der Waals surface area contributed by atoms with E-state index in [0.717, 1.165) is 6.54 Å². The van der Waals surface area contributed by atoms with Crippen LogP contribution in [-0.2, 0) is 4.74 Å². The predicted molar refractivity (Wildman–Crippen MR) is 72.5 cm³/mol. The van der Waals surface area contributed by atoms with Crippen LogP contribution >= 0.6 is 0 Å². The van der Waals surface area contributed by atoms with Crippen LogP contribution in [0.15, 0.2) is 18.2 Å². The summed E-state index contributed by atoms with van der Waals surface area (Å²) in [7, 11) is 3.05. The summed E-state index contributed by atoms with van der Waals surface area (Å²) in [6.45, 7) is 2.53. The molecule has 0 radical (unpaired) electrons. The lowest BCUT2D eigenvalue weighted by Gasteiger charge is -2.28. The normalized spacial score (nSPS) is 18.6. The van der Waals surface area contributed by atoms with Gasteiger partial charge in [-0.2, -0.15) is 0 Å². The first-order valence-corrected chi connectivity index (χ1v) is 6.53. The van der Waals surface area contributed by atoms with Gasteiger partial charge < -0.3 is 19.7 Å². The fraction of sp³-hybridized carbons (Fsp3) is 0.500. The molecule has 5 nitrogen and oxygen atoms in total. The molecular weight excluding hydrogens is 263 g/mol. The monoisotopic (exact) mass is 282 g/mol. The Balaban J connectivity index is 2.10.